The molecule has 0 fully saturated rings. The summed E-state index contributed by atoms with van der Waals surface area (Å²) >= 11 is 1.50. The van der Waals surface area contributed by atoms with E-state index in [2.05, 4.69) is 44.4 Å². The van der Waals surface area contributed by atoms with Crippen LogP contribution in [-0.2, 0) is 5.75 Å². The van der Waals surface area contributed by atoms with Crippen LogP contribution in [0.25, 0.3) is 28.5 Å². The fourth-order valence-electron chi connectivity index (χ4n) is 3.21. The van der Waals surface area contributed by atoms with Gasteiger partial charge in [0.1, 0.15) is 0 Å². The third kappa shape index (κ3) is 3.97. The fourth-order valence-corrected chi connectivity index (χ4v) is 3.99. The molecule has 0 aliphatic rings. The molecule has 2 aromatic carbocycles. The first-order valence-corrected chi connectivity index (χ1v) is 10.7. The van der Waals surface area contributed by atoms with Crippen molar-refractivity contribution in [3.8, 4) is 28.5 Å². The number of benzene rings is 2. The fraction of sp³-hybridized carbons (Fsp3) is 0.0870. The van der Waals surface area contributed by atoms with Crippen molar-refractivity contribution in [1.29, 1.82) is 0 Å². The minimum atomic E-state index is 0.483. The summed E-state index contributed by atoms with van der Waals surface area (Å²) in [5, 5.41) is 18.0. The van der Waals surface area contributed by atoms with Crippen LogP contribution in [0.1, 0.15) is 11.5 Å². The Bertz CT molecular complexity index is 1300. The van der Waals surface area contributed by atoms with Gasteiger partial charge in [-0.1, -0.05) is 48.2 Å². The predicted octanol–water partition coefficient (Wildman–Crippen LogP) is 4.98. The molecule has 0 aliphatic heterocycles. The van der Waals surface area contributed by atoms with Gasteiger partial charge in [0.15, 0.2) is 11.0 Å². The highest BCUT2D eigenvalue weighted by molar-refractivity contribution is 7.98. The monoisotopic (exact) mass is 426 g/mol. The zero-order valence-electron chi connectivity index (χ0n) is 16.7. The second-order valence-corrected chi connectivity index (χ2v) is 7.77. The molecule has 5 rings (SSSR count). The molecule has 8 heteroatoms. The minimum absolute atomic E-state index is 0.483. The third-order valence-electron chi connectivity index (χ3n) is 4.72. The molecule has 5 aromatic rings. The van der Waals surface area contributed by atoms with Crippen LogP contribution in [-0.4, -0.2) is 29.9 Å². The Balaban J connectivity index is 1.47. The Hall–Kier alpha value is -3.78. The van der Waals surface area contributed by atoms with Gasteiger partial charge in [-0.2, -0.15) is 0 Å². The average molecular weight is 427 g/mol. The second kappa shape index (κ2) is 8.53. The van der Waals surface area contributed by atoms with Gasteiger partial charge in [0.05, 0.1) is 11.4 Å². The second-order valence-electron chi connectivity index (χ2n) is 6.83. The van der Waals surface area contributed by atoms with Gasteiger partial charge in [0, 0.05) is 23.5 Å². The highest BCUT2D eigenvalue weighted by atomic mass is 32.2. The van der Waals surface area contributed by atoms with Crippen LogP contribution >= 0.6 is 11.8 Å². The van der Waals surface area contributed by atoms with E-state index < -0.39 is 0 Å². The first-order chi connectivity index (χ1) is 15.3. The number of hydrogen-bond acceptors (Lipinski definition) is 7. The van der Waals surface area contributed by atoms with E-state index in [0.717, 1.165) is 33.4 Å². The number of hydrogen-bond donors (Lipinski definition) is 0. The van der Waals surface area contributed by atoms with Crippen molar-refractivity contribution in [1.82, 2.24) is 29.9 Å². The summed E-state index contributed by atoms with van der Waals surface area (Å²) in [5.74, 6) is 2.26. The maximum atomic E-state index is 5.84. The van der Waals surface area contributed by atoms with Gasteiger partial charge < -0.3 is 4.42 Å². The average Bonchev–Trinajstić information content (AvgIpc) is 3.46. The van der Waals surface area contributed by atoms with E-state index in [9.17, 15) is 0 Å². The Labute approximate surface area is 183 Å². The molecule has 152 valence electrons. The maximum absolute atomic E-state index is 5.84. The Morgan fingerprint density at radius 1 is 0.839 bits per heavy atom. The van der Waals surface area contributed by atoms with Crippen molar-refractivity contribution in [2.45, 2.75) is 17.8 Å². The van der Waals surface area contributed by atoms with E-state index in [0.29, 0.717) is 17.5 Å². The lowest BCUT2D eigenvalue weighted by Crippen LogP contribution is -2.02. The summed E-state index contributed by atoms with van der Waals surface area (Å²) in [7, 11) is 0. The molecule has 0 unspecified atom stereocenters. The van der Waals surface area contributed by atoms with Crippen LogP contribution in [0.4, 0.5) is 0 Å². The van der Waals surface area contributed by atoms with E-state index in [1.54, 1.807) is 12.4 Å². The molecule has 0 atom stereocenters. The first-order valence-electron chi connectivity index (χ1n) is 9.72. The van der Waals surface area contributed by atoms with Crippen molar-refractivity contribution in [3.05, 3.63) is 90.6 Å². The molecule has 0 saturated carbocycles. The minimum Gasteiger partial charge on any atom is -0.420 e. The summed E-state index contributed by atoms with van der Waals surface area (Å²) in [5.41, 5.74) is 3.94. The summed E-state index contributed by atoms with van der Waals surface area (Å²) in [6, 6.07) is 21.7. The molecule has 0 spiro atoms. The number of rotatable bonds is 6. The number of nitrogens with zero attached hydrogens (tertiary/aromatic N) is 6. The number of para-hydroxylation sites is 1. The molecule has 0 bridgehead atoms. The van der Waals surface area contributed by atoms with E-state index in [4.69, 9.17) is 4.42 Å². The smallest absolute Gasteiger partial charge is 0.247 e. The molecule has 0 N–H and O–H groups in total. The maximum Gasteiger partial charge on any atom is 0.247 e. The topological polar surface area (TPSA) is 82.5 Å². The Morgan fingerprint density at radius 3 is 2.45 bits per heavy atom. The van der Waals surface area contributed by atoms with E-state index in [1.807, 2.05) is 59.2 Å². The van der Waals surface area contributed by atoms with Gasteiger partial charge in [-0.15, -0.1) is 20.4 Å². The molecule has 0 amide bonds. The van der Waals surface area contributed by atoms with Crippen LogP contribution in [0.5, 0.6) is 0 Å². The lowest BCUT2D eigenvalue weighted by atomic mass is 10.2. The van der Waals surface area contributed by atoms with Gasteiger partial charge in [-0.05, 0) is 42.8 Å². The van der Waals surface area contributed by atoms with E-state index >= 15 is 0 Å². The summed E-state index contributed by atoms with van der Waals surface area (Å²) in [6.07, 6.45) is 3.53. The molecule has 3 heterocycles. The van der Waals surface area contributed by atoms with Crippen molar-refractivity contribution < 1.29 is 4.42 Å². The van der Waals surface area contributed by atoms with Crippen LogP contribution < -0.4 is 0 Å². The van der Waals surface area contributed by atoms with Crippen LogP contribution in [0.2, 0.25) is 0 Å². The zero-order valence-corrected chi connectivity index (χ0v) is 17.5. The lowest BCUT2D eigenvalue weighted by Gasteiger charge is -2.12. The molecular formula is C23H18N6OS. The van der Waals surface area contributed by atoms with Crippen molar-refractivity contribution in [2.24, 2.45) is 0 Å². The summed E-state index contributed by atoms with van der Waals surface area (Å²) < 4.78 is 7.89. The molecule has 31 heavy (non-hydrogen) atoms. The number of pyridine rings is 1. The number of thioether (sulfide) groups is 1. The van der Waals surface area contributed by atoms with Gasteiger partial charge in [-0.25, -0.2) is 0 Å². The Kier molecular flexibility index (Phi) is 5.28. The van der Waals surface area contributed by atoms with Gasteiger partial charge in [0.25, 0.3) is 0 Å². The SMILES string of the molecule is Cc1ccccc1-n1c(SCc2nnc(-c3ccccc3)o2)nnc1-c1cccnc1. The van der Waals surface area contributed by atoms with Crippen LogP contribution in [0.3, 0.4) is 0 Å². The van der Waals surface area contributed by atoms with Gasteiger partial charge >= 0.3 is 0 Å². The summed E-state index contributed by atoms with van der Waals surface area (Å²) in [4.78, 5) is 4.23. The molecule has 3 aromatic heterocycles. The van der Waals surface area contributed by atoms with E-state index in [-0.39, 0.29) is 0 Å². The van der Waals surface area contributed by atoms with Gasteiger partial charge in [0.2, 0.25) is 11.8 Å². The molecule has 7 nitrogen and oxygen atoms in total. The van der Waals surface area contributed by atoms with Crippen LogP contribution in [0.15, 0.2) is 88.7 Å². The van der Waals surface area contributed by atoms with Gasteiger partial charge in [-0.3, -0.25) is 9.55 Å². The highest BCUT2D eigenvalue weighted by Gasteiger charge is 2.19. The standard InChI is InChI=1S/C23H18N6OS/c1-16-8-5-6-12-19(16)29-21(18-11-7-13-24-14-18)26-28-23(29)31-15-20-25-27-22(30-20)17-9-3-2-4-10-17/h2-14H,15H2,1H3. The first kappa shape index (κ1) is 19.2. The number of aromatic nitrogens is 6. The molecule has 0 saturated heterocycles. The molecule has 0 radical (unpaired) electrons. The molecular weight excluding hydrogens is 408 g/mol. The molecule has 0 aliphatic carbocycles. The third-order valence-corrected chi connectivity index (χ3v) is 5.64. The Morgan fingerprint density at radius 2 is 1.65 bits per heavy atom. The van der Waals surface area contributed by atoms with Crippen molar-refractivity contribution in [2.75, 3.05) is 0 Å². The zero-order chi connectivity index (χ0) is 21.0. The quantitative estimate of drug-likeness (QED) is 0.354. The van der Waals surface area contributed by atoms with E-state index in [1.165, 1.54) is 11.8 Å². The van der Waals surface area contributed by atoms with Crippen molar-refractivity contribution in [3.63, 3.8) is 0 Å². The largest absolute Gasteiger partial charge is 0.420 e. The predicted molar refractivity (Wildman–Crippen MR) is 119 cm³/mol. The lowest BCUT2D eigenvalue weighted by molar-refractivity contribution is 0.528. The van der Waals surface area contributed by atoms with Crippen LogP contribution in [0, 0.1) is 6.92 Å². The normalized spacial score (nSPS) is 11.0. The highest BCUT2D eigenvalue weighted by Crippen LogP contribution is 2.31. The van der Waals surface area contributed by atoms with Crippen molar-refractivity contribution >= 4 is 11.8 Å². The summed E-state index contributed by atoms with van der Waals surface area (Å²) in [6.45, 7) is 2.07. The number of aryl methyl sites for hydroxylation is 1.